The Bertz CT molecular complexity index is 1130. The second-order valence-corrected chi connectivity index (χ2v) is 9.58. The monoisotopic (exact) mass is 454 g/mol. The smallest absolute Gasteiger partial charge is 0.327 e. The third-order valence-electron chi connectivity index (χ3n) is 7.12. The van der Waals surface area contributed by atoms with Crippen LogP contribution >= 0.6 is 0 Å². The number of benzene rings is 1. The highest BCUT2D eigenvalue weighted by Gasteiger charge is 2.48. The first-order valence-electron chi connectivity index (χ1n) is 11.5. The van der Waals surface area contributed by atoms with Gasteiger partial charge in [0.2, 0.25) is 0 Å². The van der Waals surface area contributed by atoms with Gasteiger partial charge in [0.1, 0.15) is 16.9 Å². The van der Waals surface area contributed by atoms with Crippen LogP contribution in [0.5, 0.6) is 0 Å². The van der Waals surface area contributed by atoms with Crippen LogP contribution in [0, 0.1) is 5.92 Å². The molecule has 0 spiro atoms. The highest BCUT2D eigenvalue weighted by atomic mass is 16.4. The van der Waals surface area contributed by atoms with Crippen molar-refractivity contribution in [2.24, 2.45) is 5.92 Å². The molecule has 1 aromatic carbocycles. The quantitative estimate of drug-likeness (QED) is 0.476. The van der Waals surface area contributed by atoms with Gasteiger partial charge < -0.3 is 14.4 Å². The van der Waals surface area contributed by atoms with E-state index >= 15 is 0 Å². The number of aliphatic carboxylic acids is 1. The third-order valence-corrected chi connectivity index (χ3v) is 7.12. The number of carbonyl (C=O) groups is 4. The van der Waals surface area contributed by atoms with Gasteiger partial charge in [-0.15, -0.1) is 0 Å². The van der Waals surface area contributed by atoms with Crippen molar-refractivity contribution in [3.05, 3.63) is 35.1 Å². The Morgan fingerprint density at radius 2 is 1.91 bits per heavy atom. The Hall–Kier alpha value is -3.16. The molecule has 4 rings (SSSR count). The standard InChI is InChI=1S/C25H30N2O6/c1-25(2)23(31)27(24(32)26(25)3)12-6-7-16(22(29)30)13-19(28)15-10-11-18-17-8-4-5-9-20(17)33-21(18)14-15/h10-11,14,16H,4-9,12-13H2,1-3H3,(H,29,30)/t16-/m1/s1. The molecule has 1 N–H and O–H groups in total. The fraction of sp³-hybridized carbons (Fsp3) is 0.520. The normalized spacial score (nSPS) is 18.6. The molecule has 2 heterocycles. The third kappa shape index (κ3) is 4.14. The summed E-state index contributed by atoms with van der Waals surface area (Å²) in [5.41, 5.74) is 1.42. The summed E-state index contributed by atoms with van der Waals surface area (Å²) in [6.07, 6.45) is 4.48. The first-order valence-corrected chi connectivity index (χ1v) is 11.5. The molecule has 1 aliphatic carbocycles. The number of hydrogen-bond donors (Lipinski definition) is 1. The number of ketones is 1. The minimum Gasteiger partial charge on any atom is -0.481 e. The van der Waals surface area contributed by atoms with Crippen molar-refractivity contribution in [3.8, 4) is 0 Å². The fourth-order valence-electron chi connectivity index (χ4n) is 4.77. The van der Waals surface area contributed by atoms with Crippen LogP contribution in [-0.2, 0) is 22.4 Å². The number of aryl methyl sites for hydroxylation is 2. The van der Waals surface area contributed by atoms with Gasteiger partial charge in [-0.05, 0) is 52.0 Å². The number of Topliss-reactive ketones (excluding diaryl/α,β-unsaturated/α-hetero) is 1. The van der Waals surface area contributed by atoms with Crippen molar-refractivity contribution in [2.45, 2.75) is 64.3 Å². The van der Waals surface area contributed by atoms with Gasteiger partial charge in [-0.1, -0.05) is 12.1 Å². The van der Waals surface area contributed by atoms with E-state index in [4.69, 9.17) is 4.42 Å². The van der Waals surface area contributed by atoms with Crippen molar-refractivity contribution in [2.75, 3.05) is 13.6 Å². The van der Waals surface area contributed by atoms with Crippen molar-refractivity contribution in [1.29, 1.82) is 0 Å². The number of amides is 3. The molecule has 8 nitrogen and oxygen atoms in total. The first-order chi connectivity index (χ1) is 15.6. The average Bonchev–Trinajstić information content (AvgIpc) is 3.22. The molecule has 176 valence electrons. The molecule has 0 saturated carbocycles. The number of carboxylic acids is 1. The van der Waals surface area contributed by atoms with E-state index in [1.54, 1.807) is 33.0 Å². The first kappa shape index (κ1) is 23.0. The minimum absolute atomic E-state index is 0.132. The lowest BCUT2D eigenvalue weighted by Gasteiger charge is -2.22. The summed E-state index contributed by atoms with van der Waals surface area (Å²) in [4.78, 5) is 52.0. The van der Waals surface area contributed by atoms with Gasteiger partial charge in [-0.25, -0.2) is 4.79 Å². The van der Waals surface area contributed by atoms with Crippen LogP contribution in [-0.4, -0.2) is 57.7 Å². The van der Waals surface area contributed by atoms with Crippen LogP contribution < -0.4 is 0 Å². The number of imide groups is 1. The maximum atomic E-state index is 12.9. The van der Waals surface area contributed by atoms with Crippen molar-refractivity contribution >= 4 is 34.7 Å². The topological polar surface area (TPSA) is 108 Å². The lowest BCUT2D eigenvalue weighted by atomic mass is 9.92. The van der Waals surface area contributed by atoms with E-state index < -0.39 is 17.4 Å². The lowest BCUT2D eigenvalue weighted by molar-refractivity contribution is -0.141. The van der Waals surface area contributed by atoms with E-state index in [0.29, 0.717) is 17.6 Å². The molecule has 0 unspecified atom stereocenters. The van der Waals surface area contributed by atoms with Crippen molar-refractivity contribution in [1.82, 2.24) is 9.80 Å². The van der Waals surface area contributed by atoms with Gasteiger partial charge in [0.25, 0.3) is 5.91 Å². The molecule has 1 saturated heterocycles. The van der Waals surface area contributed by atoms with Gasteiger partial charge in [0, 0.05) is 42.9 Å². The zero-order valence-corrected chi connectivity index (χ0v) is 19.3. The minimum atomic E-state index is -1.06. The summed E-state index contributed by atoms with van der Waals surface area (Å²) in [6, 6.07) is 4.97. The maximum Gasteiger partial charge on any atom is 0.327 e. The zero-order valence-electron chi connectivity index (χ0n) is 19.3. The number of urea groups is 1. The number of carboxylic acid groups (broad SMARTS) is 1. The van der Waals surface area contributed by atoms with E-state index in [1.807, 2.05) is 6.07 Å². The summed E-state index contributed by atoms with van der Waals surface area (Å²) < 4.78 is 5.96. The number of fused-ring (bicyclic) bond motifs is 3. The van der Waals surface area contributed by atoms with Gasteiger partial charge >= 0.3 is 12.0 Å². The van der Waals surface area contributed by atoms with E-state index in [0.717, 1.165) is 41.7 Å². The predicted octanol–water partition coefficient (Wildman–Crippen LogP) is 4.04. The Labute approximate surface area is 192 Å². The number of likely N-dealkylation sites (N-methyl/N-ethyl adjacent to an activating group) is 1. The molecule has 1 fully saturated rings. The highest BCUT2D eigenvalue weighted by Crippen LogP contribution is 2.33. The lowest BCUT2D eigenvalue weighted by Crippen LogP contribution is -2.41. The largest absolute Gasteiger partial charge is 0.481 e. The molecule has 33 heavy (non-hydrogen) atoms. The Kier molecular flexibility index (Phi) is 6.03. The predicted molar refractivity (Wildman–Crippen MR) is 121 cm³/mol. The second-order valence-electron chi connectivity index (χ2n) is 9.58. The molecule has 1 atom stereocenters. The fourth-order valence-corrected chi connectivity index (χ4v) is 4.77. The van der Waals surface area contributed by atoms with Crippen molar-refractivity contribution < 1.29 is 28.7 Å². The Morgan fingerprint density at radius 1 is 1.18 bits per heavy atom. The van der Waals surface area contributed by atoms with E-state index in [9.17, 15) is 24.3 Å². The SMILES string of the molecule is CN1C(=O)N(CCC[C@H](CC(=O)c2ccc3c4c(oc3c2)CCCC4)C(=O)O)C(=O)C1(C)C. The Morgan fingerprint density at radius 3 is 2.58 bits per heavy atom. The van der Waals surface area contributed by atoms with E-state index in [1.165, 1.54) is 10.5 Å². The zero-order chi connectivity index (χ0) is 23.9. The molecule has 3 amide bonds. The van der Waals surface area contributed by atoms with Crippen LogP contribution in [0.4, 0.5) is 4.79 Å². The van der Waals surface area contributed by atoms with Gasteiger partial charge in [-0.2, -0.15) is 0 Å². The van der Waals surface area contributed by atoms with E-state index in [2.05, 4.69) is 0 Å². The highest BCUT2D eigenvalue weighted by molar-refractivity contribution is 6.06. The summed E-state index contributed by atoms with van der Waals surface area (Å²) in [5, 5.41) is 10.7. The molecular weight excluding hydrogens is 424 g/mol. The molecule has 2 aromatic rings. The molecule has 0 bridgehead atoms. The van der Waals surface area contributed by atoms with Crippen LogP contribution in [0.25, 0.3) is 11.0 Å². The van der Waals surface area contributed by atoms with Crippen LogP contribution in [0.3, 0.4) is 0 Å². The maximum absolute atomic E-state index is 12.9. The molecular formula is C25H30N2O6. The summed E-state index contributed by atoms with van der Waals surface area (Å²) in [7, 11) is 1.57. The molecule has 2 aliphatic rings. The van der Waals surface area contributed by atoms with Gasteiger partial charge in [-0.3, -0.25) is 19.3 Å². The molecule has 8 heteroatoms. The second kappa shape index (κ2) is 8.65. The number of nitrogens with zero attached hydrogens (tertiary/aromatic N) is 2. The number of rotatable bonds is 8. The number of furan rings is 1. The Balaban J connectivity index is 1.40. The van der Waals surface area contributed by atoms with Crippen molar-refractivity contribution in [3.63, 3.8) is 0 Å². The summed E-state index contributed by atoms with van der Waals surface area (Å²) in [6.45, 7) is 3.49. The summed E-state index contributed by atoms with van der Waals surface area (Å²) >= 11 is 0. The summed E-state index contributed by atoms with van der Waals surface area (Å²) in [5.74, 6) is -1.52. The van der Waals surface area contributed by atoms with Gasteiger partial charge in [0.05, 0.1) is 5.92 Å². The molecule has 1 aromatic heterocycles. The van der Waals surface area contributed by atoms with E-state index in [-0.39, 0.29) is 37.1 Å². The molecule has 1 aliphatic heterocycles. The van der Waals surface area contributed by atoms with Gasteiger partial charge in [0.15, 0.2) is 5.78 Å². The van der Waals surface area contributed by atoms with Crippen LogP contribution in [0.15, 0.2) is 22.6 Å². The molecule has 0 radical (unpaired) electrons. The van der Waals surface area contributed by atoms with Crippen LogP contribution in [0.1, 0.15) is 67.6 Å². The average molecular weight is 455 g/mol. The number of hydrogen-bond acceptors (Lipinski definition) is 5. The number of carbonyl (C=O) groups excluding carboxylic acids is 3. The van der Waals surface area contributed by atoms with Crippen LogP contribution in [0.2, 0.25) is 0 Å².